The number of halogens is 1. The molecular weight excluding hydrogens is 314 g/mol. The zero-order valence-electron chi connectivity index (χ0n) is 11.8. The summed E-state index contributed by atoms with van der Waals surface area (Å²) in [6, 6.07) is 6.84. The van der Waals surface area contributed by atoms with E-state index < -0.39 is 0 Å². The van der Waals surface area contributed by atoms with Gasteiger partial charge in [-0.25, -0.2) is 0 Å². The average Bonchev–Trinajstić information content (AvgIpc) is 2.43. The van der Waals surface area contributed by atoms with Gasteiger partial charge in [-0.05, 0) is 37.3 Å². The molecule has 1 amide bonds. The van der Waals surface area contributed by atoms with Crippen LogP contribution < -0.4 is 20.9 Å². The van der Waals surface area contributed by atoms with Gasteiger partial charge in [-0.2, -0.15) is 0 Å². The van der Waals surface area contributed by atoms with Crippen LogP contribution in [-0.2, 0) is 9.53 Å². The Morgan fingerprint density at radius 1 is 1.43 bits per heavy atom. The van der Waals surface area contributed by atoms with E-state index in [4.69, 9.17) is 33.3 Å². The Labute approximate surface area is 134 Å². The van der Waals surface area contributed by atoms with Crippen LogP contribution in [0.25, 0.3) is 0 Å². The molecule has 0 aliphatic rings. The second-order valence-corrected chi connectivity index (χ2v) is 5.09. The number of carbonyl (C=O) groups excluding carboxylic acids is 1. The van der Waals surface area contributed by atoms with Gasteiger partial charge in [-0.3, -0.25) is 15.6 Å². The zero-order chi connectivity index (χ0) is 15.7. The number of thiocarbonyl (C=S) groups is 1. The monoisotopic (exact) mass is 331 g/mol. The summed E-state index contributed by atoms with van der Waals surface area (Å²) >= 11 is 10.8. The number of rotatable bonds is 6. The van der Waals surface area contributed by atoms with E-state index in [1.807, 2.05) is 6.92 Å². The van der Waals surface area contributed by atoms with Gasteiger partial charge < -0.3 is 14.8 Å². The lowest BCUT2D eigenvalue weighted by Gasteiger charge is -2.16. The van der Waals surface area contributed by atoms with Crippen LogP contribution in [0.1, 0.15) is 6.92 Å². The van der Waals surface area contributed by atoms with E-state index in [9.17, 15) is 4.79 Å². The molecule has 1 rings (SSSR count). The third-order valence-electron chi connectivity index (χ3n) is 2.28. The molecule has 6 nitrogen and oxygen atoms in total. The van der Waals surface area contributed by atoms with Gasteiger partial charge in [0, 0.05) is 18.2 Å². The predicted molar refractivity (Wildman–Crippen MR) is 85.3 cm³/mol. The van der Waals surface area contributed by atoms with Crippen LogP contribution in [0.2, 0.25) is 5.02 Å². The Kier molecular flexibility index (Phi) is 7.81. The van der Waals surface area contributed by atoms with Gasteiger partial charge in [-0.1, -0.05) is 17.7 Å². The van der Waals surface area contributed by atoms with Crippen molar-refractivity contribution in [3.8, 4) is 5.75 Å². The van der Waals surface area contributed by atoms with Crippen molar-refractivity contribution in [3.63, 3.8) is 0 Å². The Balaban J connectivity index is 2.23. The van der Waals surface area contributed by atoms with E-state index in [2.05, 4.69) is 16.2 Å². The summed E-state index contributed by atoms with van der Waals surface area (Å²) < 4.78 is 10.2. The van der Waals surface area contributed by atoms with Gasteiger partial charge in [0.1, 0.15) is 5.75 Å². The summed E-state index contributed by atoms with van der Waals surface area (Å²) in [6.45, 7) is 2.26. The van der Waals surface area contributed by atoms with E-state index in [1.54, 1.807) is 31.4 Å². The minimum absolute atomic E-state index is 0.0367. The molecule has 0 fully saturated rings. The van der Waals surface area contributed by atoms with E-state index in [0.717, 1.165) is 0 Å². The van der Waals surface area contributed by atoms with Crippen molar-refractivity contribution in [1.29, 1.82) is 0 Å². The molecule has 1 aromatic rings. The molecule has 0 unspecified atom stereocenters. The molecule has 0 aliphatic heterocycles. The lowest BCUT2D eigenvalue weighted by Crippen LogP contribution is -2.50. The molecule has 0 aromatic heterocycles. The average molecular weight is 332 g/mol. The quantitative estimate of drug-likeness (QED) is 0.538. The number of hydrogen-bond acceptors (Lipinski definition) is 4. The Hall–Kier alpha value is -1.57. The smallest absolute Gasteiger partial charge is 0.276 e. The number of ether oxygens (including phenoxy) is 2. The van der Waals surface area contributed by atoms with Gasteiger partial charge in [0.2, 0.25) is 0 Å². The first-order valence-electron chi connectivity index (χ1n) is 6.24. The first-order valence-corrected chi connectivity index (χ1v) is 7.02. The molecule has 0 saturated heterocycles. The summed E-state index contributed by atoms with van der Waals surface area (Å²) in [6.07, 6.45) is 0. The zero-order valence-corrected chi connectivity index (χ0v) is 13.4. The number of methoxy groups -OCH3 is 1. The highest BCUT2D eigenvalue weighted by Crippen LogP contribution is 2.16. The molecule has 0 aliphatic carbocycles. The maximum absolute atomic E-state index is 11.6. The van der Waals surface area contributed by atoms with E-state index in [1.165, 1.54) is 0 Å². The Morgan fingerprint density at radius 2 is 2.19 bits per heavy atom. The second-order valence-electron chi connectivity index (χ2n) is 4.25. The third kappa shape index (κ3) is 7.69. The van der Waals surface area contributed by atoms with Crippen molar-refractivity contribution in [1.82, 2.24) is 16.2 Å². The first kappa shape index (κ1) is 17.5. The molecular formula is C13H18ClN3O3S. The second kappa shape index (κ2) is 9.38. The fourth-order valence-electron chi connectivity index (χ4n) is 1.42. The summed E-state index contributed by atoms with van der Waals surface area (Å²) in [7, 11) is 1.60. The number of amides is 1. The normalized spacial score (nSPS) is 11.4. The summed E-state index contributed by atoms with van der Waals surface area (Å²) in [4.78, 5) is 11.6. The topological polar surface area (TPSA) is 71.6 Å². The molecule has 3 N–H and O–H groups in total. The molecule has 0 radical (unpaired) electrons. The third-order valence-corrected chi connectivity index (χ3v) is 2.73. The largest absolute Gasteiger partial charge is 0.484 e. The van der Waals surface area contributed by atoms with Crippen LogP contribution in [0.4, 0.5) is 0 Å². The highest BCUT2D eigenvalue weighted by Gasteiger charge is 2.06. The maximum Gasteiger partial charge on any atom is 0.276 e. The van der Waals surface area contributed by atoms with Crippen molar-refractivity contribution < 1.29 is 14.3 Å². The summed E-state index contributed by atoms with van der Waals surface area (Å²) in [5, 5.41) is 3.79. The van der Waals surface area contributed by atoms with Gasteiger partial charge in [0.25, 0.3) is 5.91 Å². The molecule has 0 bridgehead atoms. The molecule has 21 heavy (non-hydrogen) atoms. The van der Waals surface area contributed by atoms with Crippen LogP contribution in [0, 0.1) is 0 Å². The number of nitrogens with one attached hydrogen (secondary N) is 3. The van der Waals surface area contributed by atoms with Crippen LogP contribution in [-0.4, -0.2) is 37.4 Å². The molecule has 1 atom stereocenters. The van der Waals surface area contributed by atoms with Gasteiger partial charge >= 0.3 is 0 Å². The van der Waals surface area contributed by atoms with Crippen molar-refractivity contribution in [2.45, 2.75) is 13.0 Å². The highest BCUT2D eigenvalue weighted by molar-refractivity contribution is 7.80. The van der Waals surface area contributed by atoms with Crippen LogP contribution in [0.15, 0.2) is 24.3 Å². The minimum atomic E-state index is -0.362. The number of hydrogen-bond donors (Lipinski definition) is 3. The molecule has 0 spiro atoms. The maximum atomic E-state index is 11.6. The lowest BCUT2D eigenvalue weighted by atomic mass is 10.3. The van der Waals surface area contributed by atoms with Crippen molar-refractivity contribution >= 4 is 34.8 Å². The molecule has 116 valence electrons. The summed E-state index contributed by atoms with van der Waals surface area (Å²) in [5.41, 5.74) is 5.00. The van der Waals surface area contributed by atoms with Crippen molar-refractivity contribution in [3.05, 3.63) is 29.3 Å². The number of hydrazine groups is 1. The fraction of sp³-hybridized carbons (Fsp3) is 0.385. The molecule has 8 heteroatoms. The predicted octanol–water partition coefficient (Wildman–Crippen LogP) is 1.25. The van der Waals surface area contributed by atoms with E-state index >= 15 is 0 Å². The van der Waals surface area contributed by atoms with E-state index in [0.29, 0.717) is 22.5 Å². The van der Waals surface area contributed by atoms with Gasteiger partial charge in [0.15, 0.2) is 11.7 Å². The fourth-order valence-corrected chi connectivity index (χ4v) is 1.85. The number of carbonyl (C=O) groups is 1. The van der Waals surface area contributed by atoms with Gasteiger partial charge in [-0.15, -0.1) is 0 Å². The van der Waals surface area contributed by atoms with E-state index in [-0.39, 0.29) is 18.6 Å². The SMILES string of the molecule is COC[C@H](C)NC(=S)NNC(=O)COc1cccc(Cl)c1. The highest BCUT2D eigenvalue weighted by atomic mass is 35.5. The number of benzene rings is 1. The molecule has 0 heterocycles. The van der Waals surface area contributed by atoms with Crippen LogP contribution in [0.5, 0.6) is 5.75 Å². The molecule has 1 aromatic carbocycles. The van der Waals surface area contributed by atoms with Crippen molar-refractivity contribution in [2.24, 2.45) is 0 Å². The molecule has 0 saturated carbocycles. The van der Waals surface area contributed by atoms with Crippen molar-refractivity contribution in [2.75, 3.05) is 20.3 Å². The first-order chi connectivity index (χ1) is 10.0. The summed E-state index contributed by atoms with van der Waals surface area (Å²) in [5.74, 6) is 0.158. The van der Waals surface area contributed by atoms with Gasteiger partial charge in [0.05, 0.1) is 6.61 Å². The lowest BCUT2D eigenvalue weighted by molar-refractivity contribution is -0.123. The van der Waals surface area contributed by atoms with Crippen LogP contribution in [0.3, 0.4) is 0 Å². The Bertz CT molecular complexity index is 487. The van der Waals surface area contributed by atoms with Crippen LogP contribution >= 0.6 is 23.8 Å². The Morgan fingerprint density at radius 3 is 2.86 bits per heavy atom. The standard InChI is InChI=1S/C13H18ClN3O3S/c1-9(7-19-2)15-13(21)17-16-12(18)8-20-11-5-3-4-10(14)6-11/h3-6,9H,7-8H2,1-2H3,(H,16,18)(H2,15,17,21)/t9-/m0/s1. The minimum Gasteiger partial charge on any atom is -0.484 e.